The summed E-state index contributed by atoms with van der Waals surface area (Å²) < 4.78 is 10.7. The third-order valence-electron chi connectivity index (χ3n) is 2.51. The summed E-state index contributed by atoms with van der Waals surface area (Å²) in [5, 5.41) is 0. The van der Waals surface area contributed by atoms with Gasteiger partial charge in [0.1, 0.15) is 0 Å². The van der Waals surface area contributed by atoms with Gasteiger partial charge in [-0.25, -0.2) is 5.84 Å². The van der Waals surface area contributed by atoms with Crippen LogP contribution < -0.4 is 20.9 Å². The van der Waals surface area contributed by atoms with Crippen LogP contribution in [0.1, 0.15) is 27.7 Å². The summed E-state index contributed by atoms with van der Waals surface area (Å²) in [5.41, 5.74) is 2.45. The number of anilines is 2. The van der Waals surface area contributed by atoms with Gasteiger partial charge in [0.15, 0.2) is 0 Å². The second-order valence-electron chi connectivity index (χ2n) is 5.39. The number of nitrogens with zero attached hydrogens (tertiary/aromatic N) is 4. The van der Waals surface area contributed by atoms with E-state index in [2.05, 4.69) is 34.2 Å². The number of aromatic nitrogens is 3. The molecule has 0 aliphatic heterocycles. The van der Waals surface area contributed by atoms with Crippen molar-refractivity contribution in [2.24, 2.45) is 11.8 Å². The number of nitrogens with two attached hydrogens (primary N) is 1. The number of ether oxygens (including phenoxy) is 2. The Bertz CT molecular complexity index is 427. The van der Waals surface area contributed by atoms with Crippen LogP contribution in [0.25, 0.3) is 0 Å². The van der Waals surface area contributed by atoms with Crippen LogP contribution in [0, 0.1) is 5.92 Å². The van der Waals surface area contributed by atoms with Crippen molar-refractivity contribution >= 4 is 11.9 Å². The van der Waals surface area contributed by atoms with Gasteiger partial charge < -0.3 is 14.4 Å². The first-order valence-corrected chi connectivity index (χ1v) is 7.09. The fourth-order valence-electron chi connectivity index (χ4n) is 1.73. The topological polar surface area (TPSA) is 98.4 Å². The van der Waals surface area contributed by atoms with Gasteiger partial charge in [-0.2, -0.15) is 15.0 Å². The number of hydrogen-bond acceptors (Lipinski definition) is 8. The standard InChI is InChI=1S/C13H26N6O2/c1-9(2)8-19(6-7-20-5)12-15-11(18-14)16-13(17-12)21-10(3)4/h9-10H,6-8,14H2,1-5H3,(H,15,16,17,18). The molecule has 1 aromatic heterocycles. The molecule has 0 radical (unpaired) electrons. The minimum atomic E-state index is -0.0246. The van der Waals surface area contributed by atoms with Crippen LogP contribution in [0.3, 0.4) is 0 Å². The lowest BCUT2D eigenvalue weighted by molar-refractivity contribution is 0.203. The third kappa shape index (κ3) is 6.09. The maximum absolute atomic E-state index is 5.54. The van der Waals surface area contributed by atoms with Crippen LogP contribution in [-0.4, -0.2) is 47.9 Å². The summed E-state index contributed by atoms with van der Waals surface area (Å²) in [4.78, 5) is 14.8. The Balaban J connectivity index is 3.03. The molecule has 0 bridgehead atoms. The molecular weight excluding hydrogens is 272 g/mol. The molecule has 1 heterocycles. The van der Waals surface area contributed by atoms with Crippen LogP contribution in [0.5, 0.6) is 6.01 Å². The summed E-state index contributed by atoms with van der Waals surface area (Å²) in [5.74, 6) is 6.69. The minimum Gasteiger partial charge on any atom is -0.461 e. The minimum absolute atomic E-state index is 0.0246. The van der Waals surface area contributed by atoms with Gasteiger partial charge in [-0.3, -0.25) is 5.43 Å². The highest BCUT2D eigenvalue weighted by Crippen LogP contribution is 2.16. The molecule has 8 nitrogen and oxygen atoms in total. The van der Waals surface area contributed by atoms with Gasteiger partial charge in [0.05, 0.1) is 12.7 Å². The van der Waals surface area contributed by atoms with E-state index in [0.29, 0.717) is 25.0 Å². The molecule has 0 fully saturated rings. The van der Waals surface area contributed by atoms with Crippen LogP contribution in [0.2, 0.25) is 0 Å². The molecular formula is C13H26N6O2. The van der Waals surface area contributed by atoms with Gasteiger partial charge in [0, 0.05) is 20.2 Å². The Morgan fingerprint density at radius 1 is 1.19 bits per heavy atom. The van der Waals surface area contributed by atoms with Crippen molar-refractivity contribution in [2.45, 2.75) is 33.8 Å². The Morgan fingerprint density at radius 3 is 2.43 bits per heavy atom. The SMILES string of the molecule is COCCN(CC(C)C)c1nc(NN)nc(OC(C)C)n1. The summed E-state index contributed by atoms with van der Waals surface area (Å²) >= 11 is 0. The van der Waals surface area contributed by atoms with Crippen LogP contribution in [0.15, 0.2) is 0 Å². The number of rotatable bonds is 9. The Hall–Kier alpha value is -1.67. The van der Waals surface area contributed by atoms with Crippen molar-refractivity contribution in [1.82, 2.24) is 15.0 Å². The molecule has 0 amide bonds. The summed E-state index contributed by atoms with van der Waals surface area (Å²) in [6, 6.07) is 0.258. The summed E-state index contributed by atoms with van der Waals surface area (Å²) in [7, 11) is 1.67. The number of nitrogen functional groups attached to an aromatic ring is 1. The lowest BCUT2D eigenvalue weighted by Crippen LogP contribution is -2.33. The number of hydrazine groups is 1. The maximum atomic E-state index is 5.54. The van der Waals surface area contributed by atoms with Crippen molar-refractivity contribution in [2.75, 3.05) is 37.1 Å². The van der Waals surface area contributed by atoms with Gasteiger partial charge in [-0.1, -0.05) is 13.8 Å². The summed E-state index contributed by atoms with van der Waals surface area (Å²) in [6.07, 6.45) is -0.0246. The highest BCUT2D eigenvalue weighted by atomic mass is 16.5. The molecule has 0 atom stereocenters. The zero-order chi connectivity index (χ0) is 15.8. The monoisotopic (exact) mass is 298 g/mol. The van der Waals surface area contributed by atoms with Crippen molar-refractivity contribution in [3.05, 3.63) is 0 Å². The lowest BCUT2D eigenvalue weighted by Gasteiger charge is -2.24. The van der Waals surface area contributed by atoms with Crippen LogP contribution in [-0.2, 0) is 4.74 Å². The average Bonchev–Trinajstić information content (AvgIpc) is 2.41. The fraction of sp³-hybridized carbons (Fsp3) is 0.769. The zero-order valence-electron chi connectivity index (χ0n) is 13.5. The van der Waals surface area contributed by atoms with E-state index in [1.54, 1.807) is 7.11 Å². The Labute approximate surface area is 126 Å². The Morgan fingerprint density at radius 2 is 1.90 bits per heavy atom. The molecule has 0 unspecified atom stereocenters. The lowest BCUT2D eigenvalue weighted by atomic mass is 10.2. The highest BCUT2D eigenvalue weighted by Gasteiger charge is 2.15. The molecule has 0 aliphatic rings. The van der Waals surface area contributed by atoms with Crippen molar-refractivity contribution in [1.29, 1.82) is 0 Å². The van der Waals surface area contributed by atoms with Crippen LogP contribution >= 0.6 is 0 Å². The van der Waals surface area contributed by atoms with Crippen molar-refractivity contribution in [3.63, 3.8) is 0 Å². The highest BCUT2D eigenvalue weighted by molar-refractivity contribution is 5.37. The van der Waals surface area contributed by atoms with E-state index in [-0.39, 0.29) is 18.1 Å². The first-order valence-electron chi connectivity index (χ1n) is 7.09. The molecule has 0 spiro atoms. The predicted octanol–water partition coefficient (Wildman–Crippen LogP) is 1.05. The molecule has 3 N–H and O–H groups in total. The van der Waals surface area contributed by atoms with Crippen molar-refractivity contribution < 1.29 is 9.47 Å². The van der Waals surface area contributed by atoms with E-state index in [0.717, 1.165) is 6.54 Å². The molecule has 120 valence electrons. The first kappa shape index (κ1) is 17.4. The third-order valence-corrected chi connectivity index (χ3v) is 2.51. The van der Waals surface area contributed by atoms with E-state index in [9.17, 15) is 0 Å². The summed E-state index contributed by atoms with van der Waals surface area (Å²) in [6.45, 7) is 10.2. The molecule has 0 saturated carbocycles. The van der Waals surface area contributed by atoms with Gasteiger partial charge in [-0.05, 0) is 19.8 Å². The second kappa shape index (κ2) is 8.58. The predicted molar refractivity (Wildman–Crippen MR) is 82.3 cm³/mol. The number of hydrogen-bond donors (Lipinski definition) is 2. The molecule has 1 rings (SSSR count). The normalized spacial score (nSPS) is 11.0. The van der Waals surface area contributed by atoms with E-state index < -0.39 is 0 Å². The van der Waals surface area contributed by atoms with Gasteiger partial charge in [0.25, 0.3) is 0 Å². The molecule has 0 saturated heterocycles. The molecule has 1 aromatic rings. The van der Waals surface area contributed by atoms with E-state index >= 15 is 0 Å². The molecule has 0 aromatic carbocycles. The fourth-order valence-corrected chi connectivity index (χ4v) is 1.73. The van der Waals surface area contributed by atoms with Gasteiger partial charge in [0.2, 0.25) is 11.9 Å². The molecule has 21 heavy (non-hydrogen) atoms. The number of methoxy groups -OCH3 is 1. The van der Waals surface area contributed by atoms with Crippen molar-refractivity contribution in [3.8, 4) is 6.01 Å². The van der Waals surface area contributed by atoms with E-state index in [4.69, 9.17) is 15.3 Å². The van der Waals surface area contributed by atoms with Crippen LogP contribution in [0.4, 0.5) is 11.9 Å². The average molecular weight is 298 g/mol. The Kier molecular flexibility index (Phi) is 7.10. The van der Waals surface area contributed by atoms with Gasteiger partial charge in [-0.15, -0.1) is 0 Å². The largest absolute Gasteiger partial charge is 0.461 e. The van der Waals surface area contributed by atoms with E-state index in [1.165, 1.54) is 0 Å². The zero-order valence-corrected chi connectivity index (χ0v) is 13.5. The quantitative estimate of drug-likeness (QED) is 0.515. The smallest absolute Gasteiger partial charge is 0.323 e. The second-order valence-corrected chi connectivity index (χ2v) is 5.39. The van der Waals surface area contributed by atoms with Gasteiger partial charge >= 0.3 is 6.01 Å². The van der Waals surface area contributed by atoms with E-state index in [1.807, 2.05) is 18.7 Å². The first-order chi connectivity index (χ1) is 9.96. The molecule has 0 aliphatic carbocycles. The molecule has 8 heteroatoms. The maximum Gasteiger partial charge on any atom is 0.323 e. The number of nitrogens with one attached hydrogen (secondary N) is 1.